The van der Waals surface area contributed by atoms with Gasteiger partial charge in [0.1, 0.15) is 7.80 Å². The lowest BCUT2D eigenvalue weighted by molar-refractivity contribution is 0.156. The van der Waals surface area contributed by atoms with Crippen LogP contribution in [0.1, 0.15) is 46.5 Å². The quantitative estimate of drug-likeness (QED) is 0.377. The van der Waals surface area contributed by atoms with Crippen molar-refractivity contribution in [2.24, 2.45) is 0 Å². The lowest BCUT2D eigenvalue weighted by Crippen LogP contribution is -2.44. The van der Waals surface area contributed by atoms with Gasteiger partial charge >= 0.3 is 0 Å². The van der Waals surface area contributed by atoms with Gasteiger partial charge in [-0.15, -0.1) is 0 Å². The average molecular weight is 365 g/mol. The molecule has 2 nitrogen and oxygen atoms in total. The standard InChI is InChI=1S/C20H33O2PSi/c1-20(2,3)24(4,5)22-18-11-9-10-17(16-18)14-15-23(21)19-12-7-6-8-13-19/h6-8,12-14,18,23H,9-11,15-16H2,1-5H3/b17-14-/t18-/m0/s1. The van der Waals surface area contributed by atoms with Gasteiger partial charge in [-0.2, -0.15) is 0 Å². The van der Waals surface area contributed by atoms with Gasteiger partial charge in [0.15, 0.2) is 8.32 Å². The summed E-state index contributed by atoms with van der Waals surface area (Å²) in [6, 6.07) is 9.86. The van der Waals surface area contributed by atoms with E-state index in [-0.39, 0.29) is 5.04 Å². The SMILES string of the molecule is CC(C)(C)[Si](C)(C)O[C@H]1CCC/C(=C/C[PH](=O)c2ccccc2)C1. The third-order valence-corrected chi connectivity index (χ3v) is 11.5. The lowest BCUT2D eigenvalue weighted by atomic mass is 9.92. The van der Waals surface area contributed by atoms with Crippen LogP contribution >= 0.6 is 7.80 Å². The second-order valence-electron chi connectivity index (χ2n) is 8.45. The fourth-order valence-corrected chi connectivity index (χ4v) is 5.57. The van der Waals surface area contributed by atoms with Crippen molar-refractivity contribution in [2.75, 3.05) is 6.16 Å². The van der Waals surface area contributed by atoms with Crippen molar-refractivity contribution in [1.82, 2.24) is 0 Å². The number of hydrogen-bond acceptors (Lipinski definition) is 2. The van der Waals surface area contributed by atoms with E-state index >= 15 is 0 Å². The summed E-state index contributed by atoms with van der Waals surface area (Å²) in [4.78, 5) is 0. The van der Waals surface area contributed by atoms with Crippen LogP contribution in [0.2, 0.25) is 18.1 Å². The first-order valence-electron chi connectivity index (χ1n) is 9.13. The molecule has 1 aliphatic rings. The van der Waals surface area contributed by atoms with Crippen LogP contribution in [0.5, 0.6) is 0 Å². The molecule has 0 N–H and O–H groups in total. The zero-order valence-electron chi connectivity index (χ0n) is 15.9. The monoisotopic (exact) mass is 364 g/mol. The van der Waals surface area contributed by atoms with E-state index in [1.54, 1.807) is 0 Å². The molecular weight excluding hydrogens is 331 g/mol. The molecule has 0 heterocycles. The Balaban J connectivity index is 1.94. The van der Waals surface area contributed by atoms with E-state index < -0.39 is 16.1 Å². The van der Waals surface area contributed by atoms with Gasteiger partial charge in [0.25, 0.3) is 0 Å². The van der Waals surface area contributed by atoms with Gasteiger partial charge in [-0.3, -0.25) is 0 Å². The molecule has 0 radical (unpaired) electrons. The molecule has 1 saturated carbocycles. The third-order valence-electron chi connectivity index (χ3n) is 5.45. The van der Waals surface area contributed by atoms with Crippen molar-refractivity contribution in [3.8, 4) is 0 Å². The summed E-state index contributed by atoms with van der Waals surface area (Å²) in [7, 11) is -3.40. The van der Waals surface area contributed by atoms with Crippen molar-refractivity contribution >= 4 is 21.4 Å². The van der Waals surface area contributed by atoms with Gasteiger partial charge in [0, 0.05) is 17.6 Å². The highest BCUT2D eigenvalue weighted by molar-refractivity contribution is 7.53. The predicted octanol–water partition coefficient (Wildman–Crippen LogP) is 5.76. The predicted molar refractivity (Wildman–Crippen MR) is 109 cm³/mol. The molecule has 0 aromatic heterocycles. The van der Waals surface area contributed by atoms with Crippen LogP contribution in [-0.4, -0.2) is 20.6 Å². The molecule has 4 heteroatoms. The van der Waals surface area contributed by atoms with E-state index in [2.05, 4.69) is 39.9 Å². The molecule has 134 valence electrons. The van der Waals surface area contributed by atoms with Crippen LogP contribution in [0.4, 0.5) is 0 Å². The van der Waals surface area contributed by atoms with E-state index in [4.69, 9.17) is 4.43 Å². The van der Waals surface area contributed by atoms with Gasteiger partial charge in [-0.1, -0.05) is 62.8 Å². The van der Waals surface area contributed by atoms with E-state index in [9.17, 15) is 4.57 Å². The summed E-state index contributed by atoms with van der Waals surface area (Å²) < 4.78 is 19.0. The summed E-state index contributed by atoms with van der Waals surface area (Å²) in [5, 5.41) is 1.25. The minimum atomic E-state index is -1.70. The van der Waals surface area contributed by atoms with Gasteiger partial charge in [0.2, 0.25) is 0 Å². The first-order valence-corrected chi connectivity index (χ1v) is 13.7. The lowest BCUT2D eigenvalue weighted by Gasteiger charge is -2.40. The Hall–Kier alpha value is -0.633. The summed E-state index contributed by atoms with van der Waals surface area (Å²) >= 11 is 0. The van der Waals surface area contributed by atoms with Gasteiger partial charge < -0.3 is 8.99 Å². The van der Waals surface area contributed by atoms with Crippen LogP contribution in [-0.2, 0) is 8.99 Å². The summed E-state index contributed by atoms with van der Waals surface area (Å²) in [6.07, 6.45) is 7.80. The van der Waals surface area contributed by atoms with Gasteiger partial charge in [-0.25, -0.2) is 0 Å². The molecule has 1 aromatic carbocycles. The maximum atomic E-state index is 12.4. The van der Waals surface area contributed by atoms with E-state index in [1.165, 1.54) is 12.0 Å². The number of hydrogen-bond donors (Lipinski definition) is 0. The highest BCUT2D eigenvalue weighted by Crippen LogP contribution is 2.39. The zero-order chi connectivity index (χ0) is 17.8. The molecule has 1 unspecified atom stereocenters. The van der Waals surface area contributed by atoms with Crippen LogP contribution in [0, 0.1) is 0 Å². The van der Waals surface area contributed by atoms with Crippen molar-refractivity contribution < 1.29 is 8.99 Å². The Morgan fingerprint density at radius 1 is 1.25 bits per heavy atom. The molecule has 1 fully saturated rings. The van der Waals surface area contributed by atoms with E-state index in [1.807, 2.05) is 30.3 Å². The first-order chi connectivity index (χ1) is 11.2. The molecule has 0 saturated heterocycles. The van der Waals surface area contributed by atoms with Gasteiger partial charge in [-0.05, 0) is 43.8 Å². The first kappa shape index (κ1) is 19.7. The molecule has 24 heavy (non-hydrogen) atoms. The van der Waals surface area contributed by atoms with Crippen LogP contribution in [0.25, 0.3) is 0 Å². The number of benzene rings is 1. The topological polar surface area (TPSA) is 26.3 Å². The maximum Gasteiger partial charge on any atom is 0.192 e. The van der Waals surface area contributed by atoms with Gasteiger partial charge in [0.05, 0.1) is 0 Å². The minimum absolute atomic E-state index is 0.257. The van der Waals surface area contributed by atoms with E-state index in [0.29, 0.717) is 12.3 Å². The van der Waals surface area contributed by atoms with Crippen LogP contribution in [0.3, 0.4) is 0 Å². The molecule has 2 atom stereocenters. The van der Waals surface area contributed by atoms with Crippen molar-refractivity contribution in [1.29, 1.82) is 0 Å². The number of allylic oxidation sites excluding steroid dienone is 1. The molecule has 0 aliphatic heterocycles. The Morgan fingerprint density at radius 3 is 2.54 bits per heavy atom. The van der Waals surface area contributed by atoms with E-state index in [0.717, 1.165) is 24.6 Å². The molecule has 0 spiro atoms. The third kappa shape index (κ3) is 5.44. The Kier molecular flexibility index (Phi) is 6.70. The van der Waals surface area contributed by atoms with Crippen LogP contribution in [0.15, 0.2) is 42.0 Å². The Bertz CT molecular complexity index is 587. The highest BCUT2D eigenvalue weighted by atomic mass is 31.1. The smallest absolute Gasteiger partial charge is 0.192 e. The highest BCUT2D eigenvalue weighted by Gasteiger charge is 2.39. The fourth-order valence-electron chi connectivity index (χ4n) is 2.91. The minimum Gasteiger partial charge on any atom is -0.414 e. The Labute approximate surface area is 149 Å². The molecule has 1 aromatic rings. The second-order valence-corrected chi connectivity index (χ2v) is 15.0. The molecule has 0 amide bonds. The molecule has 1 aliphatic carbocycles. The second kappa shape index (κ2) is 8.16. The van der Waals surface area contributed by atoms with Crippen molar-refractivity contribution in [2.45, 2.75) is 70.7 Å². The van der Waals surface area contributed by atoms with Crippen molar-refractivity contribution in [3.63, 3.8) is 0 Å². The summed E-state index contributed by atoms with van der Waals surface area (Å²) in [5.74, 6) is 0. The largest absolute Gasteiger partial charge is 0.414 e. The fraction of sp³-hybridized carbons (Fsp3) is 0.600. The van der Waals surface area contributed by atoms with Crippen LogP contribution < -0.4 is 5.30 Å². The normalized spacial score (nSPS) is 22.5. The Morgan fingerprint density at radius 2 is 1.92 bits per heavy atom. The molecular formula is C20H33O2PSi. The zero-order valence-corrected chi connectivity index (χ0v) is 17.9. The van der Waals surface area contributed by atoms with Crippen molar-refractivity contribution in [3.05, 3.63) is 42.0 Å². The molecule has 2 rings (SSSR count). The number of rotatable bonds is 5. The summed E-state index contributed by atoms with van der Waals surface area (Å²) in [5.41, 5.74) is 1.44. The molecule has 0 bridgehead atoms. The maximum absolute atomic E-state index is 12.4. The average Bonchev–Trinajstić information content (AvgIpc) is 2.52. The summed E-state index contributed by atoms with van der Waals surface area (Å²) in [6.45, 7) is 11.6.